The highest BCUT2D eigenvalue weighted by Crippen LogP contribution is 2.34. The predicted octanol–water partition coefficient (Wildman–Crippen LogP) is 16.8. The minimum Gasteiger partial charge on any atom is -0.423 e. The second kappa shape index (κ2) is 33.2. The van der Waals surface area contributed by atoms with Gasteiger partial charge in [-0.1, -0.05) is 224 Å². The number of hydrogen-bond donors (Lipinski definition) is 0. The van der Waals surface area contributed by atoms with Gasteiger partial charge >= 0.3 is 5.97 Å². The molecule has 302 valence electrons. The third-order valence-corrected chi connectivity index (χ3v) is 11.3. The van der Waals surface area contributed by atoms with Crippen molar-refractivity contribution in [1.82, 2.24) is 0 Å². The van der Waals surface area contributed by atoms with Crippen molar-refractivity contribution in [3.63, 3.8) is 0 Å². The van der Waals surface area contributed by atoms with Gasteiger partial charge in [0.25, 0.3) is 0 Å². The zero-order chi connectivity index (χ0) is 38.0. The molecule has 0 spiro atoms. The number of carbonyl (C=O) groups is 1. The van der Waals surface area contributed by atoms with Gasteiger partial charge in [0.2, 0.25) is 0 Å². The average molecular weight is 733 g/mol. The average Bonchev–Trinajstić information content (AvgIpc) is 3.18. The van der Waals surface area contributed by atoms with Crippen LogP contribution in [0.1, 0.15) is 254 Å². The van der Waals surface area contributed by atoms with Crippen LogP contribution < -0.4 is 4.74 Å². The first kappa shape index (κ1) is 47.0. The van der Waals surface area contributed by atoms with E-state index in [-0.39, 0.29) is 12.1 Å². The van der Waals surface area contributed by atoms with Crippen molar-refractivity contribution in [1.29, 1.82) is 0 Å². The van der Waals surface area contributed by atoms with Gasteiger partial charge in [0.05, 0.1) is 11.7 Å². The molecule has 2 unspecified atom stereocenters. The van der Waals surface area contributed by atoms with E-state index in [2.05, 4.69) is 39.8 Å². The van der Waals surface area contributed by atoms with Gasteiger partial charge < -0.3 is 9.47 Å². The molecule has 0 heterocycles. The molecule has 0 aliphatic rings. The lowest BCUT2D eigenvalue weighted by Crippen LogP contribution is -2.12. The van der Waals surface area contributed by atoms with Crippen LogP contribution in [-0.2, 0) is 4.74 Å². The number of ether oxygens (including phenoxy) is 2. The fourth-order valence-corrected chi connectivity index (χ4v) is 7.83. The fraction of sp³-hybridized carbons (Fsp3) is 0.740. The molecule has 0 aromatic heterocycles. The van der Waals surface area contributed by atoms with Crippen molar-refractivity contribution < 1.29 is 14.3 Å². The summed E-state index contributed by atoms with van der Waals surface area (Å²) in [4.78, 5) is 13.3. The van der Waals surface area contributed by atoms with E-state index in [0.717, 1.165) is 43.6 Å². The Hall–Kier alpha value is -2.13. The van der Waals surface area contributed by atoms with Crippen molar-refractivity contribution in [2.45, 2.75) is 232 Å². The van der Waals surface area contributed by atoms with Crippen LogP contribution >= 0.6 is 0 Å². The lowest BCUT2D eigenvalue weighted by atomic mass is 9.88. The molecule has 0 N–H and O–H groups in total. The van der Waals surface area contributed by atoms with Crippen molar-refractivity contribution in [2.75, 3.05) is 6.61 Å². The van der Waals surface area contributed by atoms with Crippen LogP contribution in [0.4, 0.5) is 0 Å². The Morgan fingerprint density at radius 1 is 0.491 bits per heavy atom. The molecule has 3 heteroatoms. The van der Waals surface area contributed by atoms with E-state index in [9.17, 15) is 4.79 Å². The summed E-state index contributed by atoms with van der Waals surface area (Å²) in [6.45, 7) is 9.73. The first-order valence-corrected chi connectivity index (χ1v) is 23.1. The number of rotatable bonds is 36. The molecule has 0 saturated heterocycles. The highest BCUT2D eigenvalue weighted by molar-refractivity contribution is 5.91. The van der Waals surface area contributed by atoms with Crippen LogP contribution in [0.15, 0.2) is 48.5 Å². The maximum atomic E-state index is 13.3. The zero-order valence-corrected chi connectivity index (χ0v) is 35.4. The molecule has 53 heavy (non-hydrogen) atoms. The van der Waals surface area contributed by atoms with Gasteiger partial charge in [0, 0.05) is 6.61 Å². The molecular formula is C50H84O3. The molecule has 0 radical (unpaired) electrons. The number of esters is 1. The van der Waals surface area contributed by atoms with E-state index in [4.69, 9.17) is 9.47 Å². The van der Waals surface area contributed by atoms with E-state index >= 15 is 0 Å². The van der Waals surface area contributed by atoms with Crippen LogP contribution in [0.2, 0.25) is 0 Å². The van der Waals surface area contributed by atoms with E-state index in [1.807, 2.05) is 36.4 Å². The lowest BCUT2D eigenvalue weighted by molar-refractivity contribution is 0.0625. The normalized spacial score (nSPS) is 12.6. The molecule has 0 amide bonds. The number of carbonyl (C=O) groups excluding carboxylic acids is 1. The SMILES string of the molecule is CCCCCCCCCCCCCCCCCCCCOC(C)c1ccc(C(=O)Oc2ccccc2C(CCC)CCCCCCCCCCC)cc1. The molecule has 2 aromatic carbocycles. The molecule has 0 aliphatic heterocycles. The Morgan fingerprint density at radius 3 is 1.40 bits per heavy atom. The largest absolute Gasteiger partial charge is 0.423 e. The highest BCUT2D eigenvalue weighted by atomic mass is 16.5. The van der Waals surface area contributed by atoms with Gasteiger partial charge in [-0.25, -0.2) is 4.79 Å². The van der Waals surface area contributed by atoms with Crippen molar-refractivity contribution >= 4 is 5.97 Å². The van der Waals surface area contributed by atoms with Gasteiger partial charge in [-0.15, -0.1) is 0 Å². The fourth-order valence-electron chi connectivity index (χ4n) is 7.83. The molecule has 0 fully saturated rings. The molecule has 0 aliphatic carbocycles. The van der Waals surface area contributed by atoms with Gasteiger partial charge in [-0.05, 0) is 61.4 Å². The lowest BCUT2D eigenvalue weighted by Gasteiger charge is -2.20. The summed E-state index contributed by atoms with van der Waals surface area (Å²) in [5, 5.41) is 0. The van der Waals surface area contributed by atoms with E-state index in [1.54, 1.807) is 0 Å². The number of para-hydroxylation sites is 1. The van der Waals surface area contributed by atoms with Gasteiger partial charge in [0.15, 0.2) is 0 Å². The third kappa shape index (κ3) is 23.4. The monoisotopic (exact) mass is 733 g/mol. The van der Waals surface area contributed by atoms with E-state index in [1.165, 1.54) is 173 Å². The second-order valence-electron chi connectivity index (χ2n) is 16.2. The quantitative estimate of drug-likeness (QED) is 0.0397. The molecule has 3 nitrogen and oxygen atoms in total. The molecule has 2 aromatic rings. The smallest absolute Gasteiger partial charge is 0.343 e. The van der Waals surface area contributed by atoms with Crippen LogP contribution in [0.25, 0.3) is 0 Å². The summed E-state index contributed by atoms with van der Waals surface area (Å²) in [5.74, 6) is 0.865. The van der Waals surface area contributed by atoms with Crippen molar-refractivity contribution in [2.24, 2.45) is 0 Å². The summed E-state index contributed by atoms with van der Waals surface area (Å²) < 4.78 is 12.2. The van der Waals surface area contributed by atoms with Crippen LogP contribution in [0.5, 0.6) is 5.75 Å². The van der Waals surface area contributed by atoms with Gasteiger partial charge in [-0.3, -0.25) is 0 Å². The van der Waals surface area contributed by atoms with Crippen LogP contribution in [0, 0.1) is 0 Å². The zero-order valence-electron chi connectivity index (χ0n) is 35.4. The van der Waals surface area contributed by atoms with Crippen LogP contribution in [-0.4, -0.2) is 12.6 Å². The highest BCUT2D eigenvalue weighted by Gasteiger charge is 2.18. The predicted molar refractivity (Wildman–Crippen MR) is 230 cm³/mol. The summed E-state index contributed by atoms with van der Waals surface area (Å²) in [6.07, 6.45) is 40.5. The van der Waals surface area contributed by atoms with Crippen molar-refractivity contribution in [3.8, 4) is 5.75 Å². The maximum absolute atomic E-state index is 13.3. The molecule has 2 rings (SSSR count). The topological polar surface area (TPSA) is 35.5 Å². The summed E-state index contributed by atoms with van der Waals surface area (Å²) >= 11 is 0. The first-order chi connectivity index (χ1) is 26.1. The Bertz CT molecular complexity index is 1110. The van der Waals surface area contributed by atoms with Gasteiger partial charge in [-0.2, -0.15) is 0 Å². The summed E-state index contributed by atoms with van der Waals surface area (Å²) in [7, 11) is 0. The number of benzene rings is 2. The summed E-state index contributed by atoms with van der Waals surface area (Å²) in [6, 6.07) is 16.0. The minimum absolute atomic E-state index is 0.0162. The Balaban J connectivity index is 1.59. The van der Waals surface area contributed by atoms with Crippen molar-refractivity contribution in [3.05, 3.63) is 65.2 Å². The maximum Gasteiger partial charge on any atom is 0.343 e. The molecule has 2 atom stereocenters. The molecule has 0 saturated carbocycles. The number of hydrogen-bond acceptors (Lipinski definition) is 3. The third-order valence-electron chi connectivity index (χ3n) is 11.3. The Labute approximate surface area is 329 Å². The second-order valence-corrected chi connectivity index (χ2v) is 16.2. The van der Waals surface area contributed by atoms with E-state index < -0.39 is 0 Å². The standard InChI is InChI=1S/C50H84O3/c1-5-8-10-12-14-16-17-18-19-20-21-22-23-24-26-28-30-34-43-52-44(4)45-39-41-47(42-40-45)50(51)53-49-38-33-32-37-48(49)46(35-7-3)36-31-29-27-25-15-13-11-9-6-2/h32-33,37-42,44,46H,5-31,34-36,43H2,1-4H3. The van der Waals surface area contributed by atoms with Gasteiger partial charge in [0.1, 0.15) is 5.75 Å². The number of unbranched alkanes of at least 4 members (excludes halogenated alkanes) is 25. The Kier molecular flexibility index (Phi) is 29.5. The molecule has 0 bridgehead atoms. The van der Waals surface area contributed by atoms with E-state index in [0.29, 0.717) is 11.5 Å². The molecular weight excluding hydrogens is 649 g/mol. The first-order valence-electron chi connectivity index (χ1n) is 23.1. The Morgan fingerprint density at radius 2 is 0.925 bits per heavy atom. The minimum atomic E-state index is -0.283. The van der Waals surface area contributed by atoms with Crippen LogP contribution in [0.3, 0.4) is 0 Å². The summed E-state index contributed by atoms with van der Waals surface area (Å²) in [5.41, 5.74) is 2.87.